The molecular weight excluding hydrogens is 260 g/mol. The highest BCUT2D eigenvalue weighted by Gasteiger charge is 2.16. The number of aromatic nitrogens is 1. The van der Waals surface area contributed by atoms with Crippen molar-refractivity contribution in [2.75, 3.05) is 0 Å². The minimum atomic E-state index is -0.927. The molecule has 20 heavy (non-hydrogen) atoms. The number of nitrogens with zero attached hydrogens (tertiary/aromatic N) is 1. The van der Waals surface area contributed by atoms with Crippen molar-refractivity contribution < 1.29 is 19.2 Å². The summed E-state index contributed by atoms with van der Waals surface area (Å²) < 4.78 is 5.12. The number of aliphatic carboxylic acids is 1. The number of carbonyl (C=O) groups excluding carboxylic acids is 1. The lowest BCUT2D eigenvalue weighted by Crippen LogP contribution is -2.37. The van der Waals surface area contributed by atoms with Gasteiger partial charge in [0, 0.05) is 11.4 Å². The maximum atomic E-state index is 11.9. The van der Waals surface area contributed by atoms with Crippen molar-refractivity contribution in [3.05, 3.63) is 30.0 Å². The van der Waals surface area contributed by atoms with Crippen molar-refractivity contribution in [2.24, 2.45) is 0 Å². The number of hydrogen-bond donors (Lipinski definition) is 2. The maximum absolute atomic E-state index is 11.9. The second-order valence-corrected chi connectivity index (χ2v) is 4.57. The topological polar surface area (TPSA) is 92.4 Å². The lowest BCUT2D eigenvalue weighted by atomic mass is 10.1. The monoisotopic (exact) mass is 276 g/mol. The van der Waals surface area contributed by atoms with Crippen molar-refractivity contribution in [3.63, 3.8) is 0 Å². The number of carboxylic acid groups (broad SMARTS) is 1. The van der Waals surface area contributed by atoms with Gasteiger partial charge in [0.2, 0.25) is 5.91 Å². The Morgan fingerprint density at radius 3 is 2.85 bits per heavy atom. The Morgan fingerprint density at radius 1 is 1.40 bits per heavy atom. The van der Waals surface area contributed by atoms with Gasteiger partial charge < -0.3 is 14.9 Å². The van der Waals surface area contributed by atoms with Crippen LogP contribution in [0.3, 0.4) is 0 Å². The van der Waals surface area contributed by atoms with Crippen molar-refractivity contribution in [1.82, 2.24) is 10.5 Å². The molecule has 106 valence electrons. The van der Waals surface area contributed by atoms with Crippen molar-refractivity contribution in [2.45, 2.75) is 32.2 Å². The Balaban J connectivity index is 2.02. The number of para-hydroxylation sites is 1. The smallest absolute Gasteiger partial charge is 0.305 e. The molecule has 0 saturated carbocycles. The second kappa shape index (κ2) is 6.18. The molecule has 2 N–H and O–H groups in total. The number of benzene rings is 1. The van der Waals surface area contributed by atoms with E-state index in [0.29, 0.717) is 17.7 Å². The van der Waals surface area contributed by atoms with E-state index in [4.69, 9.17) is 9.63 Å². The van der Waals surface area contributed by atoms with Gasteiger partial charge in [-0.3, -0.25) is 9.59 Å². The Hall–Kier alpha value is -2.37. The van der Waals surface area contributed by atoms with E-state index in [-0.39, 0.29) is 24.8 Å². The third-order valence-electron chi connectivity index (χ3n) is 3.06. The zero-order chi connectivity index (χ0) is 14.5. The fourth-order valence-corrected chi connectivity index (χ4v) is 2.00. The highest BCUT2D eigenvalue weighted by Crippen LogP contribution is 2.18. The van der Waals surface area contributed by atoms with Gasteiger partial charge in [-0.1, -0.05) is 24.2 Å². The number of hydrogen-bond acceptors (Lipinski definition) is 4. The number of carbonyl (C=O) groups is 2. The average Bonchev–Trinajstić information content (AvgIpc) is 2.81. The molecule has 0 bridgehead atoms. The zero-order valence-electron chi connectivity index (χ0n) is 11.1. The lowest BCUT2D eigenvalue weighted by Gasteiger charge is -2.14. The largest absolute Gasteiger partial charge is 0.481 e. The SMILES string of the molecule is CCC(CC(=O)O)NC(=O)Cc1noc2ccccc12. The zero-order valence-corrected chi connectivity index (χ0v) is 11.1. The van der Waals surface area contributed by atoms with Gasteiger partial charge in [0.05, 0.1) is 12.8 Å². The van der Waals surface area contributed by atoms with E-state index >= 15 is 0 Å². The van der Waals surface area contributed by atoms with Gasteiger partial charge >= 0.3 is 5.97 Å². The second-order valence-electron chi connectivity index (χ2n) is 4.57. The van der Waals surface area contributed by atoms with Crippen LogP contribution in [0.15, 0.2) is 28.8 Å². The van der Waals surface area contributed by atoms with Crippen LogP contribution in [0.2, 0.25) is 0 Å². The Labute approximate surface area is 115 Å². The summed E-state index contributed by atoms with van der Waals surface area (Å²) in [5.41, 5.74) is 1.19. The van der Waals surface area contributed by atoms with Gasteiger partial charge in [0.25, 0.3) is 0 Å². The third-order valence-corrected chi connectivity index (χ3v) is 3.06. The summed E-state index contributed by atoms with van der Waals surface area (Å²) in [5.74, 6) is -1.18. The van der Waals surface area contributed by atoms with Crippen molar-refractivity contribution in [1.29, 1.82) is 0 Å². The predicted octanol–water partition coefficient (Wildman–Crippen LogP) is 1.74. The number of nitrogens with one attached hydrogen (secondary N) is 1. The summed E-state index contributed by atoms with van der Waals surface area (Å²) in [6.45, 7) is 1.83. The standard InChI is InChI=1S/C14H16N2O4/c1-2-9(7-14(18)19)15-13(17)8-11-10-5-3-4-6-12(10)20-16-11/h3-6,9H,2,7-8H2,1H3,(H,15,17)(H,18,19). The van der Waals surface area contributed by atoms with Crippen LogP contribution in [-0.2, 0) is 16.0 Å². The van der Waals surface area contributed by atoms with Crippen LogP contribution in [0.5, 0.6) is 0 Å². The fraction of sp³-hybridized carbons (Fsp3) is 0.357. The molecule has 0 spiro atoms. The molecule has 1 atom stereocenters. The van der Waals surface area contributed by atoms with Gasteiger partial charge in [0.1, 0.15) is 5.69 Å². The Morgan fingerprint density at radius 2 is 2.15 bits per heavy atom. The molecule has 1 heterocycles. The molecule has 0 aliphatic heterocycles. The van der Waals surface area contributed by atoms with E-state index in [9.17, 15) is 9.59 Å². The quantitative estimate of drug-likeness (QED) is 0.838. The minimum Gasteiger partial charge on any atom is -0.481 e. The molecule has 1 unspecified atom stereocenters. The van der Waals surface area contributed by atoms with Crippen LogP contribution in [0.25, 0.3) is 11.0 Å². The maximum Gasteiger partial charge on any atom is 0.305 e. The van der Waals surface area contributed by atoms with Gasteiger partial charge in [-0.2, -0.15) is 0 Å². The first-order valence-electron chi connectivity index (χ1n) is 6.44. The van der Waals surface area contributed by atoms with Crippen LogP contribution in [0.1, 0.15) is 25.5 Å². The Kier molecular flexibility index (Phi) is 4.34. The summed E-state index contributed by atoms with van der Waals surface area (Å²) in [5, 5.41) is 16.1. The number of carboxylic acids is 1. The molecule has 0 aliphatic carbocycles. The van der Waals surface area contributed by atoms with Crippen LogP contribution in [-0.4, -0.2) is 28.2 Å². The van der Waals surface area contributed by atoms with E-state index < -0.39 is 5.97 Å². The molecule has 0 saturated heterocycles. The van der Waals surface area contributed by atoms with Crippen molar-refractivity contribution in [3.8, 4) is 0 Å². The predicted molar refractivity (Wildman–Crippen MR) is 72.2 cm³/mol. The lowest BCUT2D eigenvalue weighted by molar-refractivity contribution is -0.137. The molecular formula is C14H16N2O4. The summed E-state index contributed by atoms with van der Waals surface area (Å²) >= 11 is 0. The van der Waals surface area contributed by atoms with Crippen LogP contribution in [0.4, 0.5) is 0 Å². The van der Waals surface area contributed by atoms with E-state index in [1.165, 1.54) is 0 Å². The molecule has 0 aliphatic rings. The highest BCUT2D eigenvalue weighted by molar-refractivity contribution is 5.86. The molecule has 0 radical (unpaired) electrons. The molecule has 6 nitrogen and oxygen atoms in total. The summed E-state index contributed by atoms with van der Waals surface area (Å²) in [6, 6.07) is 6.93. The number of rotatable bonds is 6. The summed E-state index contributed by atoms with van der Waals surface area (Å²) in [7, 11) is 0. The molecule has 2 rings (SSSR count). The normalized spacial score (nSPS) is 12.2. The first kappa shape index (κ1) is 14.0. The molecule has 6 heteroatoms. The first-order valence-corrected chi connectivity index (χ1v) is 6.44. The van der Waals surface area contributed by atoms with E-state index in [0.717, 1.165) is 5.39 Å². The van der Waals surface area contributed by atoms with Crippen LogP contribution < -0.4 is 5.32 Å². The van der Waals surface area contributed by atoms with E-state index in [2.05, 4.69) is 10.5 Å². The summed E-state index contributed by atoms with van der Waals surface area (Å²) in [6.07, 6.45) is 0.562. The number of amides is 1. The minimum absolute atomic E-state index is 0.0765. The fourth-order valence-electron chi connectivity index (χ4n) is 2.00. The molecule has 2 aromatic rings. The van der Waals surface area contributed by atoms with Gasteiger partial charge in [-0.25, -0.2) is 0 Å². The van der Waals surface area contributed by atoms with Gasteiger partial charge in [-0.15, -0.1) is 0 Å². The first-order chi connectivity index (χ1) is 9.60. The van der Waals surface area contributed by atoms with Gasteiger partial charge in [0.15, 0.2) is 5.58 Å². The molecule has 1 aromatic heterocycles. The number of fused-ring (bicyclic) bond motifs is 1. The van der Waals surface area contributed by atoms with E-state index in [1.54, 1.807) is 6.07 Å². The average molecular weight is 276 g/mol. The molecule has 1 aromatic carbocycles. The third kappa shape index (κ3) is 3.34. The summed E-state index contributed by atoms with van der Waals surface area (Å²) in [4.78, 5) is 22.6. The van der Waals surface area contributed by atoms with Crippen LogP contribution in [0, 0.1) is 0 Å². The molecule has 1 amide bonds. The van der Waals surface area contributed by atoms with Crippen LogP contribution >= 0.6 is 0 Å². The highest BCUT2D eigenvalue weighted by atomic mass is 16.5. The molecule has 0 fully saturated rings. The van der Waals surface area contributed by atoms with E-state index in [1.807, 2.05) is 25.1 Å². The van der Waals surface area contributed by atoms with Gasteiger partial charge in [-0.05, 0) is 18.6 Å². The Bertz CT molecular complexity index is 620. The van der Waals surface area contributed by atoms with Crippen molar-refractivity contribution >= 4 is 22.8 Å².